The molecule has 2 rings (SSSR count). The molecule has 5 heteroatoms. The lowest BCUT2D eigenvalue weighted by Crippen LogP contribution is -2.50. The van der Waals surface area contributed by atoms with Crippen LogP contribution in [0.2, 0.25) is 0 Å². The van der Waals surface area contributed by atoms with Crippen LogP contribution < -0.4 is 16.6 Å². The van der Waals surface area contributed by atoms with Crippen LogP contribution in [-0.2, 0) is 0 Å². The summed E-state index contributed by atoms with van der Waals surface area (Å²) in [6, 6.07) is 1.22. The molecule has 2 aliphatic heterocycles. The van der Waals surface area contributed by atoms with Gasteiger partial charge in [0.1, 0.15) is 0 Å². The van der Waals surface area contributed by atoms with Crippen LogP contribution in [0.3, 0.4) is 0 Å². The van der Waals surface area contributed by atoms with Gasteiger partial charge in [0.2, 0.25) is 5.96 Å². The summed E-state index contributed by atoms with van der Waals surface area (Å²) in [7, 11) is 0. The smallest absolute Gasteiger partial charge is 0.205 e. The van der Waals surface area contributed by atoms with E-state index in [0.717, 1.165) is 18.9 Å². The number of nitrogens with one attached hydrogen (secondary N) is 2. The van der Waals surface area contributed by atoms with Gasteiger partial charge >= 0.3 is 0 Å². The second-order valence-electron chi connectivity index (χ2n) is 4.66. The van der Waals surface area contributed by atoms with Gasteiger partial charge in [-0.1, -0.05) is 6.92 Å². The summed E-state index contributed by atoms with van der Waals surface area (Å²) >= 11 is 0. The second-order valence-corrected chi connectivity index (χ2v) is 4.66. The van der Waals surface area contributed by atoms with Gasteiger partial charge in [0.05, 0.1) is 0 Å². The average molecular weight is 225 g/mol. The molecule has 2 saturated heterocycles. The van der Waals surface area contributed by atoms with Crippen molar-refractivity contribution in [2.75, 3.05) is 19.6 Å². The van der Waals surface area contributed by atoms with Crippen LogP contribution >= 0.6 is 0 Å². The quantitative estimate of drug-likeness (QED) is 0.275. The minimum atomic E-state index is 0.522. The summed E-state index contributed by atoms with van der Waals surface area (Å²) in [6.45, 7) is 5.42. The Balaban J connectivity index is 1.88. The van der Waals surface area contributed by atoms with Gasteiger partial charge in [-0.3, -0.25) is 15.3 Å². The Morgan fingerprint density at radius 1 is 1.44 bits per heavy atom. The first-order valence-corrected chi connectivity index (χ1v) is 6.36. The minimum absolute atomic E-state index is 0.522. The zero-order chi connectivity index (χ0) is 11.4. The highest BCUT2D eigenvalue weighted by Gasteiger charge is 2.37. The molecule has 4 N–H and O–H groups in total. The zero-order valence-electron chi connectivity index (χ0n) is 10.1. The fraction of sp³-hybridized carbons (Fsp3) is 0.909. The molecule has 92 valence electrons. The third kappa shape index (κ3) is 2.47. The SMILES string of the molecule is CCCN=C(NN)NC1CCN2CCCC12. The normalized spacial score (nSPS) is 30.5. The van der Waals surface area contributed by atoms with Crippen molar-refractivity contribution < 1.29 is 0 Å². The Kier molecular flexibility index (Phi) is 4.01. The Morgan fingerprint density at radius 2 is 2.31 bits per heavy atom. The fourth-order valence-corrected chi connectivity index (χ4v) is 2.78. The summed E-state index contributed by atoms with van der Waals surface area (Å²) in [5.74, 6) is 6.22. The van der Waals surface area contributed by atoms with Crippen LogP contribution in [0.5, 0.6) is 0 Å². The molecule has 0 bridgehead atoms. The van der Waals surface area contributed by atoms with E-state index in [2.05, 4.69) is 27.6 Å². The van der Waals surface area contributed by atoms with Gasteiger partial charge in [0, 0.05) is 25.2 Å². The molecule has 0 radical (unpaired) electrons. The van der Waals surface area contributed by atoms with Crippen molar-refractivity contribution in [2.45, 2.75) is 44.7 Å². The van der Waals surface area contributed by atoms with Crippen molar-refractivity contribution in [3.63, 3.8) is 0 Å². The number of hydrazine groups is 1. The first kappa shape index (κ1) is 11.7. The first-order valence-electron chi connectivity index (χ1n) is 6.36. The van der Waals surface area contributed by atoms with Crippen molar-refractivity contribution in [1.29, 1.82) is 0 Å². The minimum Gasteiger partial charge on any atom is -0.351 e. The third-order valence-corrected chi connectivity index (χ3v) is 3.56. The van der Waals surface area contributed by atoms with E-state index in [1.54, 1.807) is 0 Å². The average Bonchev–Trinajstić information content (AvgIpc) is 2.88. The number of guanidine groups is 1. The molecule has 5 nitrogen and oxygen atoms in total. The molecule has 2 unspecified atom stereocenters. The van der Waals surface area contributed by atoms with E-state index < -0.39 is 0 Å². The number of nitrogens with zero attached hydrogens (tertiary/aromatic N) is 2. The summed E-state index contributed by atoms with van der Waals surface area (Å²) in [5, 5.41) is 3.44. The maximum atomic E-state index is 5.47. The van der Waals surface area contributed by atoms with E-state index in [-0.39, 0.29) is 0 Å². The van der Waals surface area contributed by atoms with Crippen LogP contribution in [-0.4, -0.2) is 42.6 Å². The summed E-state index contributed by atoms with van der Waals surface area (Å²) in [4.78, 5) is 6.96. The molecular formula is C11H23N5. The predicted molar refractivity (Wildman–Crippen MR) is 66.1 cm³/mol. The molecule has 0 spiro atoms. The lowest BCUT2D eigenvalue weighted by atomic mass is 10.1. The zero-order valence-corrected chi connectivity index (χ0v) is 10.1. The Labute approximate surface area is 97.4 Å². The molecule has 2 atom stereocenters. The van der Waals surface area contributed by atoms with Crippen molar-refractivity contribution in [1.82, 2.24) is 15.6 Å². The molecule has 0 aromatic rings. The van der Waals surface area contributed by atoms with Crippen LogP contribution in [0, 0.1) is 0 Å². The van der Waals surface area contributed by atoms with E-state index in [1.807, 2.05) is 0 Å². The molecule has 0 amide bonds. The standard InChI is InChI=1S/C11H23N5/c1-2-6-13-11(15-12)14-9-5-8-16-7-3-4-10(9)16/h9-10H,2-8,12H2,1H3,(H2,13,14,15). The van der Waals surface area contributed by atoms with Gasteiger partial charge < -0.3 is 5.32 Å². The molecule has 0 aliphatic carbocycles. The highest BCUT2D eigenvalue weighted by Crippen LogP contribution is 2.27. The predicted octanol–water partition coefficient (Wildman–Crippen LogP) is 0.0420. The first-order chi connectivity index (χ1) is 7.85. The molecule has 0 saturated carbocycles. The number of nitrogens with two attached hydrogens (primary N) is 1. The fourth-order valence-electron chi connectivity index (χ4n) is 2.78. The Morgan fingerprint density at radius 3 is 3.06 bits per heavy atom. The van der Waals surface area contributed by atoms with Crippen molar-refractivity contribution in [3.05, 3.63) is 0 Å². The monoisotopic (exact) mass is 225 g/mol. The largest absolute Gasteiger partial charge is 0.351 e. The summed E-state index contributed by atoms with van der Waals surface area (Å²) < 4.78 is 0. The molecule has 0 aromatic heterocycles. The molecular weight excluding hydrogens is 202 g/mol. The van der Waals surface area contributed by atoms with Crippen molar-refractivity contribution in [2.24, 2.45) is 10.8 Å². The number of aliphatic imine (C=N–C) groups is 1. The van der Waals surface area contributed by atoms with E-state index in [4.69, 9.17) is 5.84 Å². The van der Waals surface area contributed by atoms with Crippen LogP contribution in [0.1, 0.15) is 32.6 Å². The van der Waals surface area contributed by atoms with E-state index in [0.29, 0.717) is 12.1 Å². The molecule has 2 fully saturated rings. The van der Waals surface area contributed by atoms with Crippen LogP contribution in [0.15, 0.2) is 4.99 Å². The van der Waals surface area contributed by atoms with Gasteiger partial charge in [0.15, 0.2) is 0 Å². The maximum absolute atomic E-state index is 5.47. The third-order valence-electron chi connectivity index (χ3n) is 3.56. The lowest BCUT2D eigenvalue weighted by Gasteiger charge is -2.22. The number of fused-ring (bicyclic) bond motifs is 1. The van der Waals surface area contributed by atoms with Gasteiger partial charge in [-0.25, -0.2) is 5.84 Å². The topological polar surface area (TPSA) is 65.7 Å². The molecule has 0 aromatic carbocycles. The summed E-state index contributed by atoms with van der Waals surface area (Å²) in [6.07, 6.45) is 4.90. The number of hydrogen-bond donors (Lipinski definition) is 3. The highest BCUT2D eigenvalue weighted by atomic mass is 15.4. The number of rotatable bonds is 3. The Hall–Kier alpha value is -0.810. The number of hydrogen-bond acceptors (Lipinski definition) is 3. The van der Waals surface area contributed by atoms with Gasteiger partial charge in [-0.2, -0.15) is 0 Å². The van der Waals surface area contributed by atoms with Gasteiger partial charge in [0.25, 0.3) is 0 Å². The maximum Gasteiger partial charge on any atom is 0.205 e. The highest BCUT2D eigenvalue weighted by molar-refractivity contribution is 5.79. The van der Waals surface area contributed by atoms with E-state index in [9.17, 15) is 0 Å². The molecule has 2 heterocycles. The van der Waals surface area contributed by atoms with Gasteiger partial charge in [-0.05, 0) is 32.2 Å². The van der Waals surface area contributed by atoms with Crippen LogP contribution in [0.4, 0.5) is 0 Å². The summed E-state index contributed by atoms with van der Waals surface area (Å²) in [5.41, 5.74) is 2.66. The van der Waals surface area contributed by atoms with Gasteiger partial charge in [-0.15, -0.1) is 0 Å². The lowest BCUT2D eigenvalue weighted by molar-refractivity contribution is 0.307. The van der Waals surface area contributed by atoms with E-state index >= 15 is 0 Å². The van der Waals surface area contributed by atoms with Crippen LogP contribution in [0.25, 0.3) is 0 Å². The molecule has 16 heavy (non-hydrogen) atoms. The van der Waals surface area contributed by atoms with Crippen molar-refractivity contribution >= 4 is 5.96 Å². The van der Waals surface area contributed by atoms with E-state index in [1.165, 1.54) is 32.4 Å². The second kappa shape index (κ2) is 5.50. The Bertz CT molecular complexity index is 253. The molecule has 2 aliphatic rings. The van der Waals surface area contributed by atoms with Crippen molar-refractivity contribution in [3.8, 4) is 0 Å².